The Morgan fingerprint density at radius 3 is 2.62 bits per heavy atom. The highest BCUT2D eigenvalue weighted by Crippen LogP contribution is 2.27. The Balaban J connectivity index is 2.12. The predicted octanol–water partition coefficient (Wildman–Crippen LogP) is 3.37. The fraction of sp³-hybridized carbons (Fsp3) is 0.500. The van der Waals surface area contributed by atoms with Crippen LogP contribution in [0.4, 0.5) is 0 Å². The van der Waals surface area contributed by atoms with E-state index in [0.29, 0.717) is 16.5 Å². The third kappa shape index (κ3) is 4.20. The van der Waals surface area contributed by atoms with Crippen molar-refractivity contribution in [1.29, 1.82) is 0 Å². The van der Waals surface area contributed by atoms with Crippen LogP contribution in [0.25, 0.3) is 0 Å². The van der Waals surface area contributed by atoms with Gasteiger partial charge in [0.15, 0.2) is 0 Å². The molecule has 3 nitrogen and oxygen atoms in total. The van der Waals surface area contributed by atoms with Crippen molar-refractivity contribution >= 4 is 34.9 Å². The van der Waals surface area contributed by atoms with Crippen LogP contribution in [0.15, 0.2) is 29.2 Å². The van der Waals surface area contributed by atoms with Gasteiger partial charge in [-0.2, -0.15) is 0 Å². The fourth-order valence-corrected chi connectivity index (χ4v) is 3.79. The zero-order chi connectivity index (χ0) is 15.2. The van der Waals surface area contributed by atoms with E-state index in [2.05, 4.69) is 5.32 Å². The minimum Gasteiger partial charge on any atom is -0.392 e. The number of thiocarbonyl (C=S) groups is 1. The number of nitrogens with one attached hydrogen (secondary N) is 1. The third-order valence-electron chi connectivity index (χ3n) is 4.07. The van der Waals surface area contributed by atoms with Gasteiger partial charge in [0.1, 0.15) is 0 Å². The Bertz CT molecular complexity index is 513. The summed E-state index contributed by atoms with van der Waals surface area (Å²) in [5.74, 6) is 0.296. The van der Waals surface area contributed by atoms with Crippen LogP contribution in [0.3, 0.4) is 0 Å². The van der Waals surface area contributed by atoms with Crippen LogP contribution in [-0.4, -0.2) is 23.2 Å². The summed E-state index contributed by atoms with van der Waals surface area (Å²) in [4.78, 5) is 13.9. The van der Waals surface area contributed by atoms with Gasteiger partial charge < -0.3 is 11.1 Å². The van der Waals surface area contributed by atoms with Gasteiger partial charge in [-0.3, -0.25) is 4.79 Å². The van der Waals surface area contributed by atoms with Crippen LogP contribution in [-0.2, 0) is 0 Å². The molecule has 114 valence electrons. The van der Waals surface area contributed by atoms with Crippen molar-refractivity contribution in [1.82, 2.24) is 5.32 Å². The average molecular weight is 322 g/mol. The highest BCUT2D eigenvalue weighted by molar-refractivity contribution is 7.98. The molecule has 0 bridgehead atoms. The van der Waals surface area contributed by atoms with Crippen LogP contribution in [0, 0.1) is 5.92 Å². The lowest BCUT2D eigenvalue weighted by atomic mass is 9.83. The molecule has 5 heteroatoms. The molecule has 0 aliphatic heterocycles. The molecule has 1 amide bonds. The Morgan fingerprint density at radius 2 is 2.00 bits per heavy atom. The topological polar surface area (TPSA) is 55.1 Å². The van der Waals surface area contributed by atoms with Gasteiger partial charge in [0.25, 0.3) is 5.91 Å². The van der Waals surface area contributed by atoms with E-state index < -0.39 is 0 Å². The number of carbonyl (C=O) groups is 1. The summed E-state index contributed by atoms with van der Waals surface area (Å²) in [5.41, 5.74) is 6.57. The van der Waals surface area contributed by atoms with E-state index in [4.69, 9.17) is 18.0 Å². The molecule has 0 radical (unpaired) electrons. The van der Waals surface area contributed by atoms with Crippen LogP contribution in [0.1, 0.15) is 42.5 Å². The lowest BCUT2D eigenvalue weighted by Crippen LogP contribution is -2.48. The van der Waals surface area contributed by atoms with Crippen molar-refractivity contribution in [3.63, 3.8) is 0 Å². The molecule has 1 aliphatic rings. The lowest BCUT2D eigenvalue weighted by Gasteiger charge is -2.30. The quantitative estimate of drug-likeness (QED) is 0.644. The molecule has 3 N–H and O–H groups in total. The number of hydrogen-bond acceptors (Lipinski definition) is 3. The molecule has 1 saturated carbocycles. The largest absolute Gasteiger partial charge is 0.392 e. The molecule has 0 heterocycles. The first-order valence-electron chi connectivity index (χ1n) is 7.36. The van der Waals surface area contributed by atoms with Crippen molar-refractivity contribution in [3.05, 3.63) is 29.8 Å². The zero-order valence-electron chi connectivity index (χ0n) is 12.3. The van der Waals surface area contributed by atoms with Crippen molar-refractivity contribution in [2.45, 2.75) is 43.0 Å². The normalized spacial score (nSPS) is 17.2. The summed E-state index contributed by atoms with van der Waals surface area (Å²) in [6.45, 7) is 0. The van der Waals surface area contributed by atoms with E-state index in [1.54, 1.807) is 11.8 Å². The van der Waals surface area contributed by atoms with Crippen molar-refractivity contribution in [2.24, 2.45) is 11.7 Å². The molecule has 1 aliphatic carbocycles. The van der Waals surface area contributed by atoms with E-state index >= 15 is 0 Å². The Morgan fingerprint density at radius 1 is 1.33 bits per heavy atom. The average Bonchev–Trinajstić information content (AvgIpc) is 2.52. The first-order valence-corrected chi connectivity index (χ1v) is 9.00. The maximum absolute atomic E-state index is 12.5. The molecule has 0 aromatic heterocycles. The molecule has 1 fully saturated rings. The maximum Gasteiger partial charge on any atom is 0.252 e. The van der Waals surface area contributed by atoms with Gasteiger partial charge >= 0.3 is 0 Å². The van der Waals surface area contributed by atoms with E-state index in [9.17, 15) is 4.79 Å². The fourth-order valence-electron chi connectivity index (χ4n) is 2.94. The van der Waals surface area contributed by atoms with Gasteiger partial charge in [0.2, 0.25) is 0 Å². The number of hydrogen-bond donors (Lipinski definition) is 2. The summed E-state index contributed by atoms with van der Waals surface area (Å²) in [6.07, 6.45) is 7.81. The number of benzene rings is 1. The standard InChI is InChI=1S/C16H22N2OS2/c1-21-13-10-6-5-9-12(13)16(19)18-14(15(17)20)11-7-3-2-4-8-11/h5-6,9-11,14H,2-4,7-8H2,1H3,(H2,17,20)(H,18,19). The summed E-state index contributed by atoms with van der Waals surface area (Å²) in [7, 11) is 0. The van der Waals surface area contributed by atoms with Gasteiger partial charge in [-0.25, -0.2) is 0 Å². The molecular weight excluding hydrogens is 300 g/mol. The minimum atomic E-state index is -0.192. The number of rotatable bonds is 5. The van der Waals surface area contributed by atoms with Crippen LogP contribution in [0.5, 0.6) is 0 Å². The molecule has 0 spiro atoms. The van der Waals surface area contributed by atoms with E-state index in [1.165, 1.54) is 19.3 Å². The first kappa shape index (κ1) is 16.3. The second kappa shape index (κ2) is 7.80. The van der Waals surface area contributed by atoms with Gasteiger partial charge in [0, 0.05) is 4.90 Å². The monoisotopic (exact) mass is 322 g/mol. The molecule has 1 unspecified atom stereocenters. The number of nitrogens with two attached hydrogens (primary N) is 1. The SMILES string of the molecule is CSc1ccccc1C(=O)NC(C(N)=S)C1CCCCC1. The predicted molar refractivity (Wildman–Crippen MR) is 92.8 cm³/mol. The Kier molecular flexibility index (Phi) is 6.06. The van der Waals surface area contributed by atoms with Crippen LogP contribution < -0.4 is 11.1 Å². The second-order valence-corrected chi connectivity index (χ2v) is 6.77. The Hall–Kier alpha value is -1.07. The van der Waals surface area contributed by atoms with Crippen molar-refractivity contribution in [2.75, 3.05) is 6.26 Å². The lowest BCUT2D eigenvalue weighted by molar-refractivity contribution is 0.0929. The maximum atomic E-state index is 12.5. The van der Waals surface area contributed by atoms with Crippen LogP contribution >= 0.6 is 24.0 Å². The number of amides is 1. The zero-order valence-corrected chi connectivity index (χ0v) is 13.9. The molecule has 1 atom stereocenters. The van der Waals surface area contributed by atoms with Gasteiger partial charge in [0.05, 0.1) is 16.6 Å². The second-order valence-electron chi connectivity index (χ2n) is 5.45. The number of carbonyl (C=O) groups excluding carboxylic acids is 1. The molecule has 2 rings (SSSR count). The Labute approximate surface area is 136 Å². The van der Waals surface area contributed by atoms with Crippen molar-refractivity contribution < 1.29 is 4.79 Å². The summed E-state index contributed by atoms with van der Waals surface area (Å²) in [6, 6.07) is 7.43. The van der Waals surface area contributed by atoms with Crippen molar-refractivity contribution in [3.8, 4) is 0 Å². The smallest absolute Gasteiger partial charge is 0.252 e. The molecule has 21 heavy (non-hydrogen) atoms. The molecule has 0 saturated heterocycles. The van der Waals surface area contributed by atoms with Gasteiger partial charge in [-0.1, -0.05) is 43.6 Å². The number of thioether (sulfide) groups is 1. The summed E-state index contributed by atoms with van der Waals surface area (Å²) < 4.78 is 0. The van der Waals surface area contributed by atoms with Gasteiger partial charge in [-0.05, 0) is 37.1 Å². The van der Waals surface area contributed by atoms with E-state index in [1.807, 2.05) is 30.5 Å². The summed E-state index contributed by atoms with van der Waals surface area (Å²) in [5, 5.41) is 3.06. The molecule has 1 aromatic rings. The van der Waals surface area contributed by atoms with Crippen LogP contribution in [0.2, 0.25) is 0 Å². The highest BCUT2D eigenvalue weighted by atomic mass is 32.2. The first-order chi connectivity index (χ1) is 10.1. The minimum absolute atomic E-state index is 0.0803. The van der Waals surface area contributed by atoms with Gasteiger partial charge in [-0.15, -0.1) is 11.8 Å². The van der Waals surface area contributed by atoms with E-state index in [0.717, 1.165) is 17.7 Å². The van der Waals surface area contributed by atoms with E-state index in [-0.39, 0.29) is 11.9 Å². The molecular formula is C16H22N2OS2. The third-order valence-corrected chi connectivity index (χ3v) is 5.12. The summed E-state index contributed by atoms with van der Waals surface area (Å²) >= 11 is 6.76. The molecule has 1 aromatic carbocycles. The highest BCUT2D eigenvalue weighted by Gasteiger charge is 2.27.